The fourth-order valence-corrected chi connectivity index (χ4v) is 4.28. The van der Waals surface area contributed by atoms with Gasteiger partial charge in [0.15, 0.2) is 0 Å². The Labute approximate surface area is 141 Å². The van der Waals surface area contributed by atoms with Gasteiger partial charge in [-0.15, -0.1) is 11.3 Å². The molecule has 5 nitrogen and oxygen atoms in total. The molecule has 0 saturated carbocycles. The Balaban J connectivity index is 1.97. The highest BCUT2D eigenvalue weighted by Gasteiger charge is 2.40. The maximum absolute atomic E-state index is 11.8. The number of aromatic nitrogens is 1. The number of likely N-dealkylation sites (N-methyl/N-ethyl adjacent to an activating group) is 1. The lowest BCUT2D eigenvalue weighted by Crippen LogP contribution is -2.29. The molecule has 1 aliphatic heterocycles. The summed E-state index contributed by atoms with van der Waals surface area (Å²) in [4.78, 5) is 5.27. The smallest absolute Gasteiger partial charge is 0.231 e. The second kappa shape index (κ2) is 5.21. The van der Waals surface area contributed by atoms with Gasteiger partial charge in [-0.1, -0.05) is 0 Å². The van der Waals surface area contributed by atoms with Crippen LogP contribution >= 0.6 is 11.3 Å². The van der Waals surface area contributed by atoms with E-state index in [1.165, 1.54) is 10.6 Å². The van der Waals surface area contributed by atoms with Crippen LogP contribution in [0.3, 0.4) is 0 Å². The van der Waals surface area contributed by atoms with E-state index in [1.807, 2.05) is 26.1 Å². The Bertz CT molecular complexity index is 862. The predicted molar refractivity (Wildman–Crippen MR) is 92.0 cm³/mol. The molecule has 0 radical (unpaired) electrons. The quantitative estimate of drug-likeness (QED) is 0.837. The largest absolute Gasteiger partial charge is 0.459 e. The van der Waals surface area contributed by atoms with Gasteiger partial charge >= 0.3 is 0 Å². The molecule has 124 valence electrons. The van der Waals surface area contributed by atoms with Gasteiger partial charge in [0.05, 0.1) is 27.3 Å². The van der Waals surface area contributed by atoms with E-state index in [0.29, 0.717) is 5.70 Å². The standard InChI is InChI=1S/C16H20N2O3S2/c1-10-7-16(3)8-13(14-9-17-11(2)22-14)21-15(16)6-12(10)18(4)23(5,19)20/h6,8-9H,7H2,1-5H3. The van der Waals surface area contributed by atoms with Gasteiger partial charge in [-0.05, 0) is 38.8 Å². The van der Waals surface area contributed by atoms with Crippen LogP contribution in [0.25, 0.3) is 5.76 Å². The van der Waals surface area contributed by atoms with Crippen molar-refractivity contribution in [2.24, 2.45) is 5.41 Å². The van der Waals surface area contributed by atoms with Crippen LogP contribution in [0.1, 0.15) is 30.2 Å². The summed E-state index contributed by atoms with van der Waals surface area (Å²) >= 11 is 1.59. The molecule has 0 N–H and O–H groups in total. The van der Waals surface area contributed by atoms with Crippen molar-refractivity contribution in [3.05, 3.63) is 45.3 Å². The van der Waals surface area contributed by atoms with Crippen molar-refractivity contribution in [1.29, 1.82) is 0 Å². The summed E-state index contributed by atoms with van der Waals surface area (Å²) in [6.45, 7) is 6.04. The Hall–Kier alpha value is -1.60. The van der Waals surface area contributed by atoms with E-state index in [-0.39, 0.29) is 5.41 Å². The molecule has 1 atom stereocenters. The summed E-state index contributed by atoms with van der Waals surface area (Å²) in [5.41, 5.74) is 1.49. The zero-order valence-corrected chi connectivity index (χ0v) is 15.5. The lowest BCUT2D eigenvalue weighted by molar-refractivity contribution is 0.303. The minimum Gasteiger partial charge on any atom is -0.459 e. The molecule has 7 heteroatoms. The third-order valence-electron chi connectivity index (χ3n) is 4.27. The first-order valence-electron chi connectivity index (χ1n) is 7.29. The van der Waals surface area contributed by atoms with Crippen molar-refractivity contribution in [2.45, 2.75) is 27.2 Å². The molecule has 0 bridgehead atoms. The third kappa shape index (κ3) is 2.83. The number of thiazole rings is 1. The molecule has 0 amide bonds. The van der Waals surface area contributed by atoms with Gasteiger partial charge in [0.1, 0.15) is 11.5 Å². The van der Waals surface area contributed by atoms with Crippen LogP contribution in [0.15, 0.2) is 35.4 Å². The minimum atomic E-state index is -3.30. The molecular weight excluding hydrogens is 332 g/mol. The average molecular weight is 352 g/mol. The fraction of sp³-hybridized carbons (Fsp3) is 0.438. The van der Waals surface area contributed by atoms with Crippen molar-refractivity contribution in [3.8, 4) is 0 Å². The van der Waals surface area contributed by atoms with E-state index < -0.39 is 10.0 Å². The number of rotatable bonds is 3. The van der Waals surface area contributed by atoms with Crippen molar-refractivity contribution in [2.75, 3.05) is 13.3 Å². The molecule has 3 rings (SSSR count). The van der Waals surface area contributed by atoms with Crippen LogP contribution < -0.4 is 0 Å². The molecule has 0 saturated heterocycles. The summed E-state index contributed by atoms with van der Waals surface area (Å²) in [5, 5.41) is 0.991. The third-order valence-corrected chi connectivity index (χ3v) is 6.39. The molecule has 0 spiro atoms. The number of fused-ring (bicyclic) bond motifs is 1. The first-order valence-corrected chi connectivity index (χ1v) is 9.96. The van der Waals surface area contributed by atoms with Crippen molar-refractivity contribution < 1.29 is 13.2 Å². The lowest BCUT2D eigenvalue weighted by Gasteiger charge is -2.31. The van der Waals surface area contributed by atoms with E-state index in [0.717, 1.165) is 33.4 Å². The number of hydrogen-bond donors (Lipinski definition) is 0. The van der Waals surface area contributed by atoms with Gasteiger partial charge in [0.25, 0.3) is 0 Å². The van der Waals surface area contributed by atoms with E-state index in [9.17, 15) is 8.42 Å². The molecule has 1 aliphatic carbocycles. The number of sulfonamides is 1. The van der Waals surface area contributed by atoms with E-state index in [4.69, 9.17) is 4.74 Å². The summed E-state index contributed by atoms with van der Waals surface area (Å²) in [5.74, 6) is 1.59. The normalized spacial score (nSPS) is 24.0. The molecule has 1 aromatic rings. The summed E-state index contributed by atoms with van der Waals surface area (Å²) in [7, 11) is -1.72. The van der Waals surface area contributed by atoms with Gasteiger partial charge in [-0.25, -0.2) is 13.4 Å². The number of hydrogen-bond acceptors (Lipinski definition) is 5. The van der Waals surface area contributed by atoms with E-state index in [1.54, 1.807) is 18.4 Å². The highest BCUT2D eigenvalue weighted by Crippen LogP contribution is 2.50. The van der Waals surface area contributed by atoms with Crippen LogP contribution in [0.5, 0.6) is 0 Å². The van der Waals surface area contributed by atoms with E-state index in [2.05, 4.69) is 18.0 Å². The summed E-state index contributed by atoms with van der Waals surface area (Å²) in [6, 6.07) is 0. The fourth-order valence-electron chi connectivity index (χ4n) is 2.98. The Morgan fingerprint density at radius 3 is 2.65 bits per heavy atom. The molecule has 23 heavy (non-hydrogen) atoms. The maximum atomic E-state index is 11.8. The van der Waals surface area contributed by atoms with Gasteiger partial charge in [0.2, 0.25) is 10.0 Å². The molecule has 2 heterocycles. The first kappa shape index (κ1) is 16.3. The number of allylic oxidation sites excluding steroid dienone is 3. The van der Waals surface area contributed by atoms with Crippen LogP contribution in [0.4, 0.5) is 0 Å². The summed E-state index contributed by atoms with van der Waals surface area (Å²) in [6.07, 6.45) is 7.72. The molecular formula is C16H20N2O3S2. The van der Waals surface area contributed by atoms with Crippen molar-refractivity contribution in [3.63, 3.8) is 0 Å². The Kier molecular flexibility index (Phi) is 3.68. The van der Waals surface area contributed by atoms with Gasteiger partial charge in [-0.3, -0.25) is 4.31 Å². The van der Waals surface area contributed by atoms with Crippen LogP contribution in [-0.2, 0) is 14.8 Å². The number of ether oxygens (including phenoxy) is 1. The van der Waals surface area contributed by atoms with Crippen molar-refractivity contribution >= 4 is 27.1 Å². The van der Waals surface area contributed by atoms with Gasteiger partial charge in [-0.2, -0.15) is 0 Å². The second-order valence-electron chi connectivity index (χ2n) is 6.35. The average Bonchev–Trinajstić information content (AvgIpc) is 2.98. The lowest BCUT2D eigenvalue weighted by atomic mass is 9.78. The number of nitrogens with zero attached hydrogens (tertiary/aromatic N) is 2. The molecule has 0 fully saturated rings. The minimum absolute atomic E-state index is 0.237. The molecule has 2 aliphatic rings. The molecule has 0 aromatic carbocycles. The topological polar surface area (TPSA) is 59.5 Å². The number of aryl methyl sites for hydroxylation is 1. The zero-order chi connectivity index (χ0) is 17.0. The SMILES string of the molecule is CC1=C(N(C)S(C)(=O)=O)C=C2OC(c3cnc(C)s3)=CC2(C)C1. The Morgan fingerprint density at radius 2 is 2.09 bits per heavy atom. The maximum Gasteiger partial charge on any atom is 0.231 e. The first-order chi connectivity index (χ1) is 10.6. The van der Waals surface area contributed by atoms with Crippen LogP contribution in [0, 0.1) is 12.3 Å². The van der Waals surface area contributed by atoms with Crippen molar-refractivity contribution in [1.82, 2.24) is 9.29 Å². The highest BCUT2D eigenvalue weighted by atomic mass is 32.2. The summed E-state index contributed by atoms with van der Waals surface area (Å²) < 4.78 is 31.0. The van der Waals surface area contributed by atoms with Gasteiger partial charge in [0, 0.05) is 19.3 Å². The Morgan fingerprint density at radius 1 is 1.39 bits per heavy atom. The zero-order valence-electron chi connectivity index (χ0n) is 13.9. The predicted octanol–water partition coefficient (Wildman–Crippen LogP) is 3.28. The van der Waals surface area contributed by atoms with Crippen LogP contribution in [0.2, 0.25) is 0 Å². The van der Waals surface area contributed by atoms with Crippen LogP contribution in [-0.4, -0.2) is 31.0 Å². The molecule has 1 unspecified atom stereocenters. The van der Waals surface area contributed by atoms with E-state index >= 15 is 0 Å². The van der Waals surface area contributed by atoms with Gasteiger partial charge < -0.3 is 4.74 Å². The second-order valence-corrected chi connectivity index (χ2v) is 9.60. The molecule has 1 aromatic heterocycles. The monoisotopic (exact) mass is 352 g/mol. The highest BCUT2D eigenvalue weighted by molar-refractivity contribution is 7.88.